The maximum atomic E-state index is 12.4. The third-order valence-corrected chi connectivity index (χ3v) is 5.36. The molecule has 1 aromatic heterocycles. The Labute approximate surface area is 165 Å². The lowest BCUT2D eigenvalue weighted by atomic mass is 9.81. The molecule has 1 aliphatic carbocycles. The molecular weight excluding hydrogens is 386 g/mol. The number of halogens is 1. The summed E-state index contributed by atoms with van der Waals surface area (Å²) < 4.78 is 10.2. The number of hydrogen-bond donors (Lipinski definition) is 0. The van der Waals surface area contributed by atoms with Crippen molar-refractivity contribution >= 4 is 29.4 Å². The highest BCUT2D eigenvalue weighted by molar-refractivity contribution is 6.30. The van der Waals surface area contributed by atoms with Crippen LogP contribution in [-0.4, -0.2) is 39.4 Å². The van der Waals surface area contributed by atoms with Crippen LogP contribution in [0.5, 0.6) is 0 Å². The summed E-state index contributed by atoms with van der Waals surface area (Å²) in [7, 11) is 0. The number of likely N-dealkylation sites (tertiary alicyclic amines) is 1. The molecule has 9 heteroatoms. The molecule has 0 radical (unpaired) electrons. The van der Waals surface area contributed by atoms with Gasteiger partial charge >= 0.3 is 5.97 Å². The van der Waals surface area contributed by atoms with E-state index in [1.54, 1.807) is 24.3 Å². The molecule has 1 saturated heterocycles. The molecule has 2 fully saturated rings. The number of ether oxygens (including phenoxy) is 1. The van der Waals surface area contributed by atoms with Crippen LogP contribution in [0.25, 0.3) is 11.4 Å². The van der Waals surface area contributed by atoms with Crippen molar-refractivity contribution in [2.45, 2.75) is 32.3 Å². The van der Waals surface area contributed by atoms with Crippen LogP contribution < -0.4 is 0 Å². The lowest BCUT2D eigenvalue weighted by Gasteiger charge is -2.19. The van der Waals surface area contributed by atoms with Gasteiger partial charge in [-0.2, -0.15) is 4.98 Å². The number of benzene rings is 1. The smallest absolute Gasteiger partial charge is 0.326 e. The van der Waals surface area contributed by atoms with Crippen LogP contribution in [0.3, 0.4) is 0 Å². The molecule has 0 bridgehead atoms. The van der Waals surface area contributed by atoms with E-state index in [2.05, 4.69) is 10.1 Å². The van der Waals surface area contributed by atoms with Gasteiger partial charge < -0.3 is 9.26 Å². The predicted molar refractivity (Wildman–Crippen MR) is 96.7 cm³/mol. The zero-order valence-corrected chi connectivity index (χ0v) is 15.7. The van der Waals surface area contributed by atoms with Crippen LogP contribution >= 0.6 is 11.6 Å². The summed E-state index contributed by atoms with van der Waals surface area (Å²) in [5, 5.41) is 4.36. The lowest BCUT2D eigenvalue weighted by molar-refractivity contribution is -0.154. The molecule has 2 atom stereocenters. The Morgan fingerprint density at radius 1 is 1.21 bits per heavy atom. The van der Waals surface area contributed by atoms with Gasteiger partial charge in [0.25, 0.3) is 5.89 Å². The fourth-order valence-electron chi connectivity index (χ4n) is 3.76. The highest BCUT2D eigenvalue weighted by atomic mass is 35.5. The topological polar surface area (TPSA) is 103 Å². The Morgan fingerprint density at radius 3 is 2.61 bits per heavy atom. The molecule has 2 aromatic rings. The maximum absolute atomic E-state index is 12.4. The zero-order chi connectivity index (χ0) is 19.7. The Balaban J connectivity index is 1.34. The van der Waals surface area contributed by atoms with Crippen LogP contribution in [0.15, 0.2) is 28.8 Å². The van der Waals surface area contributed by atoms with Gasteiger partial charge in [0, 0.05) is 10.6 Å². The van der Waals surface area contributed by atoms with Crippen molar-refractivity contribution in [1.82, 2.24) is 15.0 Å². The van der Waals surface area contributed by atoms with Crippen molar-refractivity contribution in [1.29, 1.82) is 0 Å². The van der Waals surface area contributed by atoms with Gasteiger partial charge in [0.2, 0.25) is 17.6 Å². The van der Waals surface area contributed by atoms with Crippen molar-refractivity contribution in [2.24, 2.45) is 11.8 Å². The largest absolute Gasteiger partial charge is 0.454 e. The molecule has 0 unspecified atom stereocenters. The summed E-state index contributed by atoms with van der Waals surface area (Å²) in [4.78, 5) is 42.1. The number of hydrogen-bond acceptors (Lipinski definition) is 7. The van der Waals surface area contributed by atoms with Gasteiger partial charge in [-0.3, -0.25) is 19.3 Å². The summed E-state index contributed by atoms with van der Waals surface area (Å²) in [6, 6.07) is 6.95. The van der Waals surface area contributed by atoms with Gasteiger partial charge in [-0.1, -0.05) is 41.7 Å². The second-order valence-corrected chi connectivity index (χ2v) is 7.38. The SMILES string of the molecule is O=C(CN1C(=O)[C@H]2CCCC[C@@H]2C1=O)OCc1nc(-c2cccc(Cl)c2)no1. The van der Waals surface area contributed by atoms with Crippen LogP contribution in [0.2, 0.25) is 5.02 Å². The minimum absolute atomic E-state index is 0.107. The summed E-state index contributed by atoms with van der Waals surface area (Å²) >= 11 is 5.94. The third kappa shape index (κ3) is 3.64. The maximum Gasteiger partial charge on any atom is 0.326 e. The van der Waals surface area contributed by atoms with Gasteiger partial charge in [0.15, 0.2) is 6.61 Å². The van der Waals surface area contributed by atoms with Gasteiger partial charge in [-0.15, -0.1) is 0 Å². The Hall–Kier alpha value is -2.74. The standard InChI is InChI=1S/C19H18ClN3O5/c20-12-5-3-4-11(8-12)17-21-15(28-22-17)10-27-16(24)9-23-18(25)13-6-1-2-7-14(13)19(23)26/h3-5,8,13-14H,1-2,6-7,9-10H2/t13-,14-/m0/s1. The fraction of sp³-hybridized carbons (Fsp3) is 0.421. The minimum Gasteiger partial charge on any atom is -0.454 e. The third-order valence-electron chi connectivity index (χ3n) is 5.13. The number of carbonyl (C=O) groups is 3. The van der Waals surface area contributed by atoms with Gasteiger partial charge in [-0.05, 0) is 25.0 Å². The number of esters is 1. The van der Waals surface area contributed by atoms with E-state index in [0.29, 0.717) is 29.3 Å². The molecule has 146 valence electrons. The predicted octanol–water partition coefficient (Wildman–Crippen LogP) is 2.61. The van der Waals surface area contributed by atoms with Crippen LogP contribution in [0.4, 0.5) is 0 Å². The van der Waals surface area contributed by atoms with E-state index in [9.17, 15) is 14.4 Å². The second-order valence-electron chi connectivity index (χ2n) is 6.94. The zero-order valence-electron chi connectivity index (χ0n) is 15.0. The van der Waals surface area contributed by atoms with E-state index in [0.717, 1.165) is 17.7 Å². The first-order chi connectivity index (χ1) is 13.5. The van der Waals surface area contributed by atoms with Crippen molar-refractivity contribution < 1.29 is 23.6 Å². The van der Waals surface area contributed by atoms with Crippen LogP contribution in [0, 0.1) is 11.8 Å². The summed E-state index contributed by atoms with van der Waals surface area (Å²) in [5.74, 6) is -1.38. The van der Waals surface area contributed by atoms with Crippen LogP contribution in [0.1, 0.15) is 31.6 Å². The summed E-state index contributed by atoms with van der Waals surface area (Å²) in [6.45, 7) is -0.630. The average Bonchev–Trinajstić information content (AvgIpc) is 3.26. The van der Waals surface area contributed by atoms with E-state index >= 15 is 0 Å². The number of fused-ring (bicyclic) bond motifs is 1. The van der Waals surface area contributed by atoms with Gasteiger partial charge in [0.05, 0.1) is 11.8 Å². The number of nitrogens with zero attached hydrogens (tertiary/aromatic N) is 3. The number of rotatable bonds is 5. The normalized spacial score (nSPS) is 21.7. The highest BCUT2D eigenvalue weighted by Crippen LogP contribution is 2.37. The van der Waals surface area contributed by atoms with Crippen molar-refractivity contribution in [2.75, 3.05) is 6.54 Å². The molecule has 1 saturated carbocycles. The first-order valence-electron chi connectivity index (χ1n) is 9.12. The molecule has 4 rings (SSSR count). The highest BCUT2D eigenvalue weighted by Gasteiger charge is 2.48. The monoisotopic (exact) mass is 403 g/mol. The second kappa shape index (κ2) is 7.71. The van der Waals surface area contributed by atoms with Crippen molar-refractivity contribution in [3.8, 4) is 11.4 Å². The number of carbonyl (C=O) groups excluding carboxylic acids is 3. The quantitative estimate of drug-likeness (QED) is 0.558. The molecule has 1 aromatic carbocycles. The number of aromatic nitrogens is 2. The molecule has 2 heterocycles. The summed E-state index contributed by atoms with van der Waals surface area (Å²) in [5.41, 5.74) is 0.671. The molecule has 0 N–H and O–H groups in total. The first kappa shape index (κ1) is 18.6. The molecule has 28 heavy (non-hydrogen) atoms. The Kier molecular flexibility index (Phi) is 5.13. The van der Waals surface area contributed by atoms with E-state index in [-0.39, 0.29) is 42.7 Å². The van der Waals surface area contributed by atoms with Crippen molar-refractivity contribution in [3.05, 3.63) is 35.2 Å². The van der Waals surface area contributed by atoms with E-state index < -0.39 is 5.97 Å². The molecule has 8 nitrogen and oxygen atoms in total. The van der Waals surface area contributed by atoms with E-state index in [1.807, 2.05) is 0 Å². The van der Waals surface area contributed by atoms with E-state index in [4.69, 9.17) is 20.9 Å². The molecule has 0 spiro atoms. The van der Waals surface area contributed by atoms with Gasteiger partial charge in [0.1, 0.15) is 6.54 Å². The molecular formula is C19H18ClN3O5. The molecule has 2 amide bonds. The van der Waals surface area contributed by atoms with Crippen molar-refractivity contribution in [3.63, 3.8) is 0 Å². The fourth-order valence-corrected chi connectivity index (χ4v) is 3.95. The number of imide groups is 1. The summed E-state index contributed by atoms with van der Waals surface area (Å²) in [6.07, 6.45) is 3.28. The Morgan fingerprint density at radius 2 is 1.93 bits per heavy atom. The molecule has 2 aliphatic rings. The van der Waals surface area contributed by atoms with E-state index in [1.165, 1.54) is 0 Å². The van der Waals surface area contributed by atoms with Crippen LogP contribution in [-0.2, 0) is 25.7 Å². The average molecular weight is 404 g/mol. The minimum atomic E-state index is -0.692. The number of amides is 2. The van der Waals surface area contributed by atoms with Gasteiger partial charge in [-0.25, -0.2) is 0 Å². The Bertz CT molecular complexity index is 904. The lowest BCUT2D eigenvalue weighted by Crippen LogP contribution is -2.36. The molecule has 1 aliphatic heterocycles. The first-order valence-corrected chi connectivity index (χ1v) is 9.50.